The van der Waals surface area contributed by atoms with Crippen molar-refractivity contribution in [3.8, 4) is 0 Å². The van der Waals surface area contributed by atoms with Crippen LogP contribution in [0.15, 0.2) is 42.5 Å². The molecule has 1 saturated heterocycles. The van der Waals surface area contributed by atoms with Crippen molar-refractivity contribution in [2.24, 2.45) is 5.73 Å². The number of rotatable bonds is 5. The first-order valence-electron chi connectivity index (χ1n) is 9.21. The molecule has 2 aromatic carbocycles. The highest BCUT2D eigenvalue weighted by Crippen LogP contribution is 2.17. The van der Waals surface area contributed by atoms with Crippen molar-refractivity contribution in [1.82, 2.24) is 10.2 Å². The maximum atomic E-state index is 13.3. The molecular formula is C21H25F2N3O. The van der Waals surface area contributed by atoms with E-state index in [1.165, 1.54) is 6.07 Å². The summed E-state index contributed by atoms with van der Waals surface area (Å²) in [6.07, 6.45) is 1.60. The van der Waals surface area contributed by atoms with Gasteiger partial charge in [-0.05, 0) is 43.0 Å². The molecule has 4 nitrogen and oxygen atoms in total. The smallest absolute Gasteiger partial charge is 0.241 e. The third-order valence-electron chi connectivity index (χ3n) is 5.04. The Kier molecular flexibility index (Phi) is 6.19. The Balaban J connectivity index is 1.48. The number of piperidine rings is 1. The van der Waals surface area contributed by atoms with Gasteiger partial charge in [-0.15, -0.1) is 0 Å². The summed E-state index contributed by atoms with van der Waals surface area (Å²) >= 11 is 0. The Morgan fingerprint density at radius 2 is 1.81 bits per heavy atom. The zero-order chi connectivity index (χ0) is 19.4. The van der Waals surface area contributed by atoms with Gasteiger partial charge in [0.15, 0.2) is 11.6 Å². The summed E-state index contributed by atoms with van der Waals surface area (Å²) in [5.41, 5.74) is 8.75. The van der Waals surface area contributed by atoms with Crippen LogP contribution in [0, 0.1) is 18.6 Å². The van der Waals surface area contributed by atoms with Crippen LogP contribution < -0.4 is 11.1 Å². The Morgan fingerprint density at radius 1 is 1.15 bits per heavy atom. The van der Waals surface area contributed by atoms with Gasteiger partial charge in [-0.1, -0.05) is 35.9 Å². The van der Waals surface area contributed by atoms with Crippen molar-refractivity contribution in [2.75, 3.05) is 13.1 Å². The second-order valence-corrected chi connectivity index (χ2v) is 7.20. The van der Waals surface area contributed by atoms with Crippen molar-refractivity contribution in [3.63, 3.8) is 0 Å². The average Bonchev–Trinajstić information content (AvgIpc) is 2.66. The fourth-order valence-electron chi connectivity index (χ4n) is 3.35. The molecule has 1 amide bonds. The largest absolute Gasteiger partial charge is 0.352 e. The van der Waals surface area contributed by atoms with E-state index in [-0.39, 0.29) is 11.9 Å². The van der Waals surface area contributed by atoms with Crippen LogP contribution in [0.1, 0.15) is 35.6 Å². The van der Waals surface area contributed by atoms with Gasteiger partial charge in [-0.2, -0.15) is 0 Å². The predicted octanol–water partition coefficient (Wildman–Crippen LogP) is 3.05. The molecule has 0 bridgehead atoms. The zero-order valence-corrected chi connectivity index (χ0v) is 15.4. The van der Waals surface area contributed by atoms with Crippen LogP contribution in [0.2, 0.25) is 0 Å². The number of benzene rings is 2. The van der Waals surface area contributed by atoms with Crippen molar-refractivity contribution < 1.29 is 13.6 Å². The molecule has 6 heteroatoms. The van der Waals surface area contributed by atoms with E-state index in [1.807, 2.05) is 31.2 Å². The molecule has 1 unspecified atom stereocenters. The van der Waals surface area contributed by atoms with Crippen LogP contribution in [-0.2, 0) is 11.3 Å². The summed E-state index contributed by atoms with van der Waals surface area (Å²) in [5.74, 6) is -1.82. The van der Waals surface area contributed by atoms with E-state index in [0.717, 1.165) is 48.7 Å². The number of aryl methyl sites for hydroxylation is 1. The molecule has 0 aliphatic carbocycles. The average molecular weight is 373 g/mol. The molecule has 1 heterocycles. The highest BCUT2D eigenvalue weighted by atomic mass is 19.2. The number of carbonyl (C=O) groups is 1. The van der Waals surface area contributed by atoms with Gasteiger partial charge >= 0.3 is 0 Å². The first-order valence-corrected chi connectivity index (χ1v) is 9.21. The first kappa shape index (κ1) is 19.5. The molecule has 2 aromatic rings. The van der Waals surface area contributed by atoms with Crippen LogP contribution >= 0.6 is 0 Å². The Labute approximate surface area is 158 Å². The zero-order valence-electron chi connectivity index (χ0n) is 15.4. The first-order chi connectivity index (χ1) is 12.9. The van der Waals surface area contributed by atoms with Gasteiger partial charge in [0.05, 0.1) is 0 Å². The summed E-state index contributed by atoms with van der Waals surface area (Å²) < 4.78 is 26.3. The molecule has 0 saturated carbocycles. The van der Waals surface area contributed by atoms with Gasteiger partial charge in [-0.25, -0.2) is 8.78 Å². The lowest BCUT2D eigenvalue weighted by atomic mass is 10.0. The Morgan fingerprint density at radius 3 is 2.44 bits per heavy atom. The van der Waals surface area contributed by atoms with Crippen molar-refractivity contribution in [2.45, 2.75) is 38.4 Å². The molecule has 1 fully saturated rings. The molecule has 1 atom stereocenters. The molecular weight excluding hydrogens is 348 g/mol. The number of halogens is 2. The minimum Gasteiger partial charge on any atom is -0.352 e. The number of nitrogens with zero attached hydrogens (tertiary/aromatic N) is 1. The number of nitrogens with one attached hydrogen (secondary N) is 1. The van der Waals surface area contributed by atoms with Crippen molar-refractivity contribution in [3.05, 3.63) is 70.8 Å². The van der Waals surface area contributed by atoms with Crippen LogP contribution in [0.5, 0.6) is 0 Å². The highest BCUT2D eigenvalue weighted by molar-refractivity contribution is 5.83. The summed E-state index contributed by atoms with van der Waals surface area (Å²) in [5, 5.41) is 3.03. The van der Waals surface area contributed by atoms with Gasteiger partial charge in [0.1, 0.15) is 6.04 Å². The topological polar surface area (TPSA) is 58.4 Å². The summed E-state index contributed by atoms with van der Waals surface area (Å²) in [4.78, 5) is 14.6. The number of nitrogens with two attached hydrogens (primary N) is 1. The molecule has 3 rings (SSSR count). The lowest BCUT2D eigenvalue weighted by Gasteiger charge is -2.33. The lowest BCUT2D eigenvalue weighted by molar-refractivity contribution is -0.123. The molecule has 0 radical (unpaired) electrons. The van der Waals surface area contributed by atoms with Gasteiger partial charge in [0.25, 0.3) is 0 Å². The third kappa shape index (κ3) is 5.11. The molecule has 0 aromatic heterocycles. The molecule has 27 heavy (non-hydrogen) atoms. The van der Waals surface area contributed by atoms with Crippen molar-refractivity contribution in [1.29, 1.82) is 0 Å². The lowest BCUT2D eigenvalue weighted by Crippen LogP contribution is -2.46. The monoisotopic (exact) mass is 373 g/mol. The molecule has 3 N–H and O–H groups in total. The summed E-state index contributed by atoms with van der Waals surface area (Å²) in [7, 11) is 0. The van der Waals surface area contributed by atoms with E-state index in [4.69, 9.17) is 5.73 Å². The van der Waals surface area contributed by atoms with Gasteiger partial charge in [0.2, 0.25) is 5.91 Å². The molecule has 144 valence electrons. The minimum absolute atomic E-state index is 0.0789. The summed E-state index contributed by atoms with van der Waals surface area (Å²) in [6.45, 7) is 4.12. The highest BCUT2D eigenvalue weighted by Gasteiger charge is 2.24. The van der Waals surface area contributed by atoms with Crippen LogP contribution in [0.4, 0.5) is 8.78 Å². The van der Waals surface area contributed by atoms with Crippen molar-refractivity contribution >= 4 is 5.91 Å². The second kappa shape index (κ2) is 8.59. The van der Waals surface area contributed by atoms with E-state index in [9.17, 15) is 13.6 Å². The third-order valence-corrected chi connectivity index (χ3v) is 5.04. The van der Waals surface area contributed by atoms with Crippen LogP contribution in [-0.4, -0.2) is 29.9 Å². The summed E-state index contributed by atoms with van der Waals surface area (Å²) in [6, 6.07) is 11.0. The predicted molar refractivity (Wildman–Crippen MR) is 101 cm³/mol. The second-order valence-electron chi connectivity index (χ2n) is 7.20. The Hall–Kier alpha value is -2.31. The van der Waals surface area contributed by atoms with E-state index in [2.05, 4.69) is 10.2 Å². The number of carbonyl (C=O) groups excluding carboxylic acids is 1. The van der Waals surface area contributed by atoms with Gasteiger partial charge in [-0.3, -0.25) is 9.69 Å². The standard InChI is InChI=1S/C21H25F2N3O/c1-14-2-5-16(6-3-14)20(24)21(27)25-17-8-10-26(11-9-17)13-15-4-7-18(22)19(23)12-15/h2-7,12,17,20H,8-11,13,24H2,1H3,(H,25,27). The van der Waals surface area contributed by atoms with Gasteiger partial charge in [0, 0.05) is 25.7 Å². The minimum atomic E-state index is -0.829. The maximum Gasteiger partial charge on any atom is 0.241 e. The fraction of sp³-hybridized carbons (Fsp3) is 0.381. The molecule has 0 spiro atoms. The fourth-order valence-corrected chi connectivity index (χ4v) is 3.35. The maximum absolute atomic E-state index is 13.3. The SMILES string of the molecule is Cc1ccc(C(N)C(=O)NC2CCN(Cc3ccc(F)c(F)c3)CC2)cc1. The van der Waals surface area contributed by atoms with E-state index in [0.29, 0.717) is 6.54 Å². The quantitative estimate of drug-likeness (QED) is 0.847. The normalized spacial score (nSPS) is 16.9. The molecule has 1 aliphatic rings. The van der Waals surface area contributed by atoms with Gasteiger partial charge < -0.3 is 11.1 Å². The Bertz CT molecular complexity index is 787. The van der Waals surface area contributed by atoms with E-state index >= 15 is 0 Å². The number of likely N-dealkylation sites (tertiary alicyclic amines) is 1. The number of hydrogen-bond acceptors (Lipinski definition) is 3. The van der Waals surface area contributed by atoms with Crippen LogP contribution in [0.3, 0.4) is 0 Å². The number of hydrogen-bond donors (Lipinski definition) is 2. The van der Waals surface area contributed by atoms with E-state index < -0.39 is 17.7 Å². The molecule has 1 aliphatic heterocycles. The number of amides is 1. The van der Waals surface area contributed by atoms with E-state index in [1.54, 1.807) is 6.07 Å². The van der Waals surface area contributed by atoms with Crippen LogP contribution in [0.25, 0.3) is 0 Å².